The molecule has 2 rings (SSSR count). The minimum absolute atomic E-state index is 0.303. The summed E-state index contributed by atoms with van der Waals surface area (Å²) in [5.41, 5.74) is 0.527. The second-order valence-corrected chi connectivity index (χ2v) is 6.09. The molecule has 0 bridgehead atoms. The van der Waals surface area contributed by atoms with E-state index in [-0.39, 0.29) is 12.1 Å². The summed E-state index contributed by atoms with van der Waals surface area (Å²) in [6.45, 7) is 3.89. The van der Waals surface area contributed by atoms with Crippen LogP contribution in [0.1, 0.15) is 0 Å². The Hall–Kier alpha value is -2.88. The Bertz CT molecular complexity index is 651. The minimum Gasteiger partial charge on any atom is -0.493 e. The summed E-state index contributed by atoms with van der Waals surface area (Å²) in [6.07, 6.45) is -0.303. The first kappa shape index (κ1) is 21.4. The van der Waals surface area contributed by atoms with E-state index < -0.39 is 0 Å². The van der Waals surface area contributed by atoms with Crippen molar-refractivity contribution in [3.63, 3.8) is 0 Å². The number of nitrogens with zero attached hydrogens (tertiary/aromatic N) is 2. The van der Waals surface area contributed by atoms with Gasteiger partial charge in [-0.25, -0.2) is 9.59 Å². The number of piperazine rings is 1. The van der Waals surface area contributed by atoms with Crippen LogP contribution in [0.25, 0.3) is 0 Å². The third-order valence-electron chi connectivity index (χ3n) is 4.44. The highest BCUT2D eigenvalue weighted by atomic mass is 16.5. The summed E-state index contributed by atoms with van der Waals surface area (Å²) in [5, 5.41) is 5.57. The van der Waals surface area contributed by atoms with Crippen LogP contribution >= 0.6 is 0 Å². The zero-order valence-electron chi connectivity index (χ0n) is 16.7. The number of rotatable bonds is 7. The van der Waals surface area contributed by atoms with Crippen LogP contribution in [0.5, 0.6) is 17.2 Å². The van der Waals surface area contributed by atoms with E-state index in [0.717, 1.165) is 13.1 Å². The van der Waals surface area contributed by atoms with Crippen molar-refractivity contribution in [3.8, 4) is 17.2 Å². The Labute approximate surface area is 164 Å². The number of carbonyl (C=O) groups excluding carboxylic acids is 2. The zero-order valence-corrected chi connectivity index (χ0v) is 16.7. The quantitative estimate of drug-likeness (QED) is 0.714. The molecule has 0 unspecified atom stereocenters. The van der Waals surface area contributed by atoms with Crippen molar-refractivity contribution in [2.24, 2.45) is 0 Å². The Morgan fingerprint density at radius 3 is 2.07 bits per heavy atom. The van der Waals surface area contributed by atoms with Gasteiger partial charge in [-0.05, 0) is 0 Å². The van der Waals surface area contributed by atoms with Gasteiger partial charge in [0, 0.05) is 51.4 Å². The average molecular weight is 396 g/mol. The van der Waals surface area contributed by atoms with Gasteiger partial charge in [-0.15, -0.1) is 0 Å². The number of ether oxygens (including phenoxy) is 4. The molecule has 1 saturated heterocycles. The van der Waals surface area contributed by atoms with Gasteiger partial charge in [-0.1, -0.05) is 0 Å². The first-order chi connectivity index (χ1) is 13.5. The van der Waals surface area contributed by atoms with Crippen LogP contribution in [-0.4, -0.2) is 89.6 Å². The molecule has 28 heavy (non-hydrogen) atoms. The average Bonchev–Trinajstić information content (AvgIpc) is 2.72. The molecule has 1 aromatic carbocycles. The summed E-state index contributed by atoms with van der Waals surface area (Å²) in [6, 6.07) is 2.99. The number of urea groups is 1. The van der Waals surface area contributed by atoms with E-state index in [2.05, 4.69) is 15.5 Å². The molecule has 156 valence electrons. The molecule has 0 atom stereocenters. The van der Waals surface area contributed by atoms with Gasteiger partial charge in [0.05, 0.1) is 34.1 Å². The largest absolute Gasteiger partial charge is 0.493 e. The lowest BCUT2D eigenvalue weighted by Crippen LogP contribution is -2.50. The minimum atomic E-state index is -0.331. The van der Waals surface area contributed by atoms with Crippen LogP contribution in [0.2, 0.25) is 0 Å². The summed E-state index contributed by atoms with van der Waals surface area (Å²) >= 11 is 0. The van der Waals surface area contributed by atoms with Crippen LogP contribution in [0.15, 0.2) is 12.1 Å². The lowest BCUT2D eigenvalue weighted by molar-refractivity contribution is 0.0916. The van der Waals surface area contributed by atoms with Crippen molar-refractivity contribution in [2.45, 2.75) is 0 Å². The van der Waals surface area contributed by atoms with Gasteiger partial charge < -0.3 is 34.5 Å². The van der Waals surface area contributed by atoms with Crippen LogP contribution in [0.4, 0.5) is 15.3 Å². The number of methoxy groups -OCH3 is 4. The summed E-state index contributed by atoms with van der Waals surface area (Å²) < 4.78 is 20.5. The normalized spacial score (nSPS) is 14.2. The molecule has 1 fully saturated rings. The zero-order chi connectivity index (χ0) is 20.5. The van der Waals surface area contributed by atoms with Gasteiger partial charge in [-0.3, -0.25) is 4.90 Å². The first-order valence-electron chi connectivity index (χ1n) is 8.92. The molecule has 1 aliphatic rings. The maximum atomic E-state index is 12.2. The predicted octanol–water partition coefficient (Wildman–Crippen LogP) is 1.22. The molecule has 1 aromatic rings. The van der Waals surface area contributed by atoms with Gasteiger partial charge in [0.2, 0.25) is 5.75 Å². The van der Waals surface area contributed by atoms with Crippen molar-refractivity contribution in [3.05, 3.63) is 12.1 Å². The molecule has 0 saturated carbocycles. The maximum Gasteiger partial charge on any atom is 0.409 e. The van der Waals surface area contributed by atoms with Crippen molar-refractivity contribution >= 4 is 17.8 Å². The summed E-state index contributed by atoms with van der Waals surface area (Å²) in [4.78, 5) is 27.5. The number of benzene rings is 1. The Kier molecular flexibility index (Phi) is 8.00. The molecule has 0 radical (unpaired) electrons. The molecular formula is C18H28N4O6. The number of hydrogen-bond acceptors (Lipinski definition) is 7. The SMILES string of the molecule is COC(=O)N1CCN(CCNC(=O)Nc2cc(OC)c(OC)c(OC)c2)CC1. The molecule has 3 amide bonds. The van der Waals surface area contributed by atoms with Crippen molar-refractivity contribution in [1.82, 2.24) is 15.1 Å². The van der Waals surface area contributed by atoms with E-state index in [0.29, 0.717) is 49.1 Å². The molecule has 0 aliphatic carbocycles. The molecule has 0 aromatic heterocycles. The molecule has 10 heteroatoms. The third kappa shape index (κ3) is 5.56. The van der Waals surface area contributed by atoms with Gasteiger partial charge in [-0.2, -0.15) is 0 Å². The second kappa shape index (κ2) is 10.5. The number of hydrogen-bond donors (Lipinski definition) is 2. The Balaban J connectivity index is 1.79. The van der Waals surface area contributed by atoms with E-state index in [1.807, 2.05) is 0 Å². The van der Waals surface area contributed by atoms with Crippen LogP contribution < -0.4 is 24.8 Å². The van der Waals surface area contributed by atoms with Gasteiger partial charge in [0.15, 0.2) is 11.5 Å². The van der Waals surface area contributed by atoms with Crippen molar-refractivity contribution < 1.29 is 28.5 Å². The Morgan fingerprint density at radius 2 is 1.57 bits per heavy atom. The number of carbonyl (C=O) groups is 2. The molecule has 1 aliphatic heterocycles. The highest BCUT2D eigenvalue weighted by Crippen LogP contribution is 2.39. The maximum absolute atomic E-state index is 12.2. The van der Waals surface area contributed by atoms with E-state index in [1.54, 1.807) is 17.0 Å². The number of amides is 3. The van der Waals surface area contributed by atoms with Gasteiger partial charge >= 0.3 is 12.1 Å². The predicted molar refractivity (Wildman–Crippen MR) is 104 cm³/mol. The molecule has 2 N–H and O–H groups in total. The van der Waals surface area contributed by atoms with Crippen LogP contribution in [0.3, 0.4) is 0 Å². The summed E-state index contributed by atoms with van der Waals surface area (Å²) in [5.74, 6) is 1.38. The highest BCUT2D eigenvalue weighted by Gasteiger charge is 2.21. The molecule has 0 spiro atoms. The smallest absolute Gasteiger partial charge is 0.409 e. The van der Waals surface area contributed by atoms with Gasteiger partial charge in [0.1, 0.15) is 0 Å². The highest BCUT2D eigenvalue weighted by molar-refractivity contribution is 5.90. The van der Waals surface area contributed by atoms with Crippen LogP contribution in [0, 0.1) is 0 Å². The number of anilines is 1. The lowest BCUT2D eigenvalue weighted by Gasteiger charge is -2.33. The monoisotopic (exact) mass is 396 g/mol. The third-order valence-corrected chi connectivity index (χ3v) is 4.44. The Morgan fingerprint density at radius 1 is 0.964 bits per heavy atom. The van der Waals surface area contributed by atoms with E-state index in [1.165, 1.54) is 28.4 Å². The van der Waals surface area contributed by atoms with Crippen molar-refractivity contribution in [2.75, 3.05) is 73.0 Å². The van der Waals surface area contributed by atoms with Crippen molar-refractivity contribution in [1.29, 1.82) is 0 Å². The fraction of sp³-hybridized carbons (Fsp3) is 0.556. The van der Waals surface area contributed by atoms with E-state index in [9.17, 15) is 9.59 Å². The van der Waals surface area contributed by atoms with Crippen LogP contribution in [-0.2, 0) is 4.74 Å². The van der Waals surface area contributed by atoms with Gasteiger partial charge in [0.25, 0.3) is 0 Å². The van der Waals surface area contributed by atoms with E-state index in [4.69, 9.17) is 18.9 Å². The first-order valence-corrected chi connectivity index (χ1v) is 8.92. The molecular weight excluding hydrogens is 368 g/mol. The standard InChI is InChI=1S/C18H28N4O6/c1-25-14-11-13(12-15(26-2)16(14)27-3)20-17(23)19-5-6-21-7-9-22(10-8-21)18(24)28-4/h11-12H,5-10H2,1-4H3,(H2,19,20,23). The molecule has 10 nitrogen and oxygen atoms in total. The fourth-order valence-electron chi connectivity index (χ4n) is 2.94. The van der Waals surface area contributed by atoms with E-state index >= 15 is 0 Å². The fourth-order valence-corrected chi connectivity index (χ4v) is 2.94. The lowest BCUT2D eigenvalue weighted by atomic mass is 10.2. The topological polar surface area (TPSA) is 102 Å². The summed E-state index contributed by atoms with van der Waals surface area (Å²) in [7, 11) is 5.93. The number of nitrogens with one attached hydrogen (secondary N) is 2. The second-order valence-electron chi connectivity index (χ2n) is 6.09. The molecule has 1 heterocycles.